The molecule has 1 aromatic carbocycles. The second kappa shape index (κ2) is 7.71. The Morgan fingerprint density at radius 3 is 2.48 bits per heavy atom. The van der Waals surface area contributed by atoms with Crippen LogP contribution in [-0.2, 0) is 16.6 Å². The molecule has 0 aliphatic rings. The van der Waals surface area contributed by atoms with E-state index >= 15 is 0 Å². The molecule has 2 rings (SSSR count). The normalized spacial score (nSPS) is 12.6. The van der Waals surface area contributed by atoms with Crippen molar-refractivity contribution in [1.29, 1.82) is 0 Å². The standard InChI is InChI=1S/C15H15F4NO3S2/c1-2-23-14-4-3-12(7-13(14)16)25(21,22)20(10-15(17,18)19)8-11-5-6-24-9-11/h3-7,9H,2,8,10H2,1H3. The van der Waals surface area contributed by atoms with Crippen molar-refractivity contribution in [2.75, 3.05) is 13.2 Å². The van der Waals surface area contributed by atoms with E-state index in [1.807, 2.05) is 0 Å². The summed E-state index contributed by atoms with van der Waals surface area (Å²) in [7, 11) is -4.54. The molecule has 2 aromatic rings. The molecule has 0 N–H and O–H groups in total. The van der Waals surface area contributed by atoms with Gasteiger partial charge in [0.2, 0.25) is 10.0 Å². The highest BCUT2D eigenvalue weighted by Crippen LogP contribution is 2.27. The Balaban J connectivity index is 2.38. The molecule has 4 nitrogen and oxygen atoms in total. The van der Waals surface area contributed by atoms with Gasteiger partial charge >= 0.3 is 6.18 Å². The quantitative estimate of drug-likeness (QED) is 0.663. The Morgan fingerprint density at radius 1 is 1.24 bits per heavy atom. The van der Waals surface area contributed by atoms with E-state index in [9.17, 15) is 26.0 Å². The summed E-state index contributed by atoms with van der Waals surface area (Å²) in [6, 6.07) is 4.31. The summed E-state index contributed by atoms with van der Waals surface area (Å²) in [4.78, 5) is -0.562. The Morgan fingerprint density at radius 2 is 1.96 bits per heavy atom. The third-order valence-corrected chi connectivity index (χ3v) is 5.66. The minimum absolute atomic E-state index is 0.165. The maximum absolute atomic E-state index is 13.9. The first-order valence-corrected chi connectivity index (χ1v) is 9.52. The second-order valence-electron chi connectivity index (χ2n) is 5.05. The van der Waals surface area contributed by atoms with Crippen molar-refractivity contribution in [3.05, 3.63) is 46.4 Å². The first-order valence-electron chi connectivity index (χ1n) is 7.14. The zero-order valence-electron chi connectivity index (χ0n) is 13.1. The lowest BCUT2D eigenvalue weighted by Gasteiger charge is -2.23. The second-order valence-corrected chi connectivity index (χ2v) is 7.76. The molecule has 0 saturated heterocycles. The third kappa shape index (κ3) is 5.16. The summed E-state index contributed by atoms with van der Waals surface area (Å²) in [6.45, 7) is -0.336. The van der Waals surface area contributed by atoms with Gasteiger partial charge < -0.3 is 4.74 Å². The van der Waals surface area contributed by atoms with Crippen molar-refractivity contribution in [3.8, 4) is 5.75 Å². The number of thiophene rings is 1. The first kappa shape index (κ1) is 19.7. The van der Waals surface area contributed by atoms with E-state index in [2.05, 4.69) is 0 Å². The van der Waals surface area contributed by atoms with E-state index < -0.39 is 40.0 Å². The number of nitrogens with zero attached hydrogens (tertiary/aromatic N) is 1. The Labute approximate surface area is 146 Å². The van der Waals surface area contributed by atoms with E-state index in [0.717, 1.165) is 12.1 Å². The lowest BCUT2D eigenvalue weighted by atomic mass is 10.3. The van der Waals surface area contributed by atoms with Crippen molar-refractivity contribution in [3.63, 3.8) is 0 Å². The van der Waals surface area contributed by atoms with Crippen molar-refractivity contribution >= 4 is 21.4 Å². The van der Waals surface area contributed by atoms with Gasteiger partial charge in [0.25, 0.3) is 0 Å². The molecule has 0 aliphatic heterocycles. The minimum Gasteiger partial charge on any atom is -0.491 e. The molecule has 0 aliphatic carbocycles. The summed E-state index contributed by atoms with van der Waals surface area (Å²) in [5, 5.41) is 3.18. The van der Waals surface area contributed by atoms with Gasteiger partial charge in [0.1, 0.15) is 6.54 Å². The summed E-state index contributed by atoms with van der Waals surface area (Å²) < 4.78 is 82.8. The van der Waals surface area contributed by atoms with Crippen LogP contribution in [0.2, 0.25) is 0 Å². The fourth-order valence-electron chi connectivity index (χ4n) is 2.08. The van der Waals surface area contributed by atoms with E-state index in [4.69, 9.17) is 4.74 Å². The van der Waals surface area contributed by atoms with Crippen LogP contribution in [0, 0.1) is 5.82 Å². The Kier molecular flexibility index (Phi) is 6.07. The van der Waals surface area contributed by atoms with Crippen molar-refractivity contribution < 1.29 is 30.7 Å². The molecular formula is C15H15F4NO3S2. The van der Waals surface area contributed by atoms with Crippen molar-refractivity contribution in [2.45, 2.75) is 24.5 Å². The van der Waals surface area contributed by atoms with Gasteiger partial charge in [-0.25, -0.2) is 12.8 Å². The predicted molar refractivity (Wildman–Crippen MR) is 85.5 cm³/mol. The number of alkyl halides is 3. The molecule has 1 heterocycles. The van der Waals surface area contributed by atoms with Gasteiger partial charge in [-0.3, -0.25) is 0 Å². The average Bonchev–Trinajstić information content (AvgIpc) is 3.00. The highest BCUT2D eigenvalue weighted by Gasteiger charge is 2.37. The summed E-state index contributed by atoms with van der Waals surface area (Å²) in [6.07, 6.45) is -4.73. The number of sulfonamides is 1. The van der Waals surface area contributed by atoms with Crippen LogP contribution in [0.25, 0.3) is 0 Å². The van der Waals surface area contributed by atoms with E-state index in [0.29, 0.717) is 11.6 Å². The topological polar surface area (TPSA) is 46.6 Å². The van der Waals surface area contributed by atoms with Gasteiger partial charge in [-0.15, -0.1) is 0 Å². The largest absolute Gasteiger partial charge is 0.491 e. The van der Waals surface area contributed by atoms with Gasteiger partial charge in [0.15, 0.2) is 11.6 Å². The molecule has 138 valence electrons. The smallest absolute Gasteiger partial charge is 0.402 e. The number of rotatable bonds is 7. The van der Waals surface area contributed by atoms with E-state index in [-0.39, 0.29) is 16.7 Å². The van der Waals surface area contributed by atoms with E-state index in [1.165, 1.54) is 17.4 Å². The molecule has 0 atom stereocenters. The maximum Gasteiger partial charge on any atom is 0.402 e. The lowest BCUT2D eigenvalue weighted by Crippen LogP contribution is -2.38. The minimum atomic E-state index is -4.73. The number of halogens is 4. The van der Waals surface area contributed by atoms with Crippen LogP contribution < -0.4 is 4.74 Å². The van der Waals surface area contributed by atoms with Crippen molar-refractivity contribution in [2.24, 2.45) is 0 Å². The van der Waals surface area contributed by atoms with Gasteiger partial charge in [-0.2, -0.15) is 28.8 Å². The molecule has 0 radical (unpaired) electrons. The van der Waals surface area contributed by atoms with Gasteiger partial charge in [-0.05, 0) is 47.5 Å². The third-order valence-electron chi connectivity index (χ3n) is 3.14. The zero-order valence-corrected chi connectivity index (χ0v) is 14.7. The van der Waals surface area contributed by atoms with E-state index in [1.54, 1.807) is 17.7 Å². The van der Waals surface area contributed by atoms with Crippen LogP contribution in [0.4, 0.5) is 17.6 Å². The number of hydrogen-bond acceptors (Lipinski definition) is 4. The molecule has 0 fully saturated rings. The first-order chi connectivity index (χ1) is 11.6. The molecule has 0 amide bonds. The lowest BCUT2D eigenvalue weighted by molar-refractivity contribution is -0.136. The molecular weight excluding hydrogens is 382 g/mol. The fraction of sp³-hybridized carbons (Fsp3) is 0.333. The molecule has 25 heavy (non-hydrogen) atoms. The summed E-state index contributed by atoms with van der Waals surface area (Å²) in [5.41, 5.74) is 0.421. The summed E-state index contributed by atoms with van der Waals surface area (Å²) in [5.74, 6) is -1.12. The summed E-state index contributed by atoms with van der Waals surface area (Å²) >= 11 is 1.24. The average molecular weight is 397 g/mol. The van der Waals surface area contributed by atoms with Crippen LogP contribution in [0.5, 0.6) is 5.75 Å². The molecule has 0 unspecified atom stereocenters. The van der Waals surface area contributed by atoms with Gasteiger partial charge in [0.05, 0.1) is 11.5 Å². The highest BCUT2D eigenvalue weighted by molar-refractivity contribution is 7.89. The maximum atomic E-state index is 13.9. The molecule has 1 aromatic heterocycles. The number of ether oxygens (including phenoxy) is 1. The van der Waals surface area contributed by atoms with Gasteiger partial charge in [-0.1, -0.05) is 0 Å². The SMILES string of the molecule is CCOc1ccc(S(=O)(=O)N(Cc2ccsc2)CC(F)(F)F)cc1F. The number of hydrogen-bond donors (Lipinski definition) is 0. The molecule has 10 heteroatoms. The van der Waals surface area contributed by atoms with Crippen LogP contribution >= 0.6 is 11.3 Å². The zero-order chi connectivity index (χ0) is 18.7. The van der Waals surface area contributed by atoms with Crippen LogP contribution in [0.1, 0.15) is 12.5 Å². The monoisotopic (exact) mass is 397 g/mol. The van der Waals surface area contributed by atoms with Crippen LogP contribution in [0.3, 0.4) is 0 Å². The Bertz CT molecular complexity index is 805. The van der Waals surface area contributed by atoms with Gasteiger partial charge in [0, 0.05) is 6.54 Å². The Hall–Kier alpha value is -1.65. The van der Waals surface area contributed by atoms with Crippen LogP contribution in [-0.4, -0.2) is 32.1 Å². The van der Waals surface area contributed by atoms with Crippen LogP contribution in [0.15, 0.2) is 39.9 Å². The fourth-order valence-corrected chi connectivity index (χ4v) is 4.16. The molecule has 0 saturated carbocycles. The number of benzene rings is 1. The molecule has 0 spiro atoms. The highest BCUT2D eigenvalue weighted by atomic mass is 32.2. The van der Waals surface area contributed by atoms with Crippen molar-refractivity contribution in [1.82, 2.24) is 4.31 Å². The predicted octanol–water partition coefficient (Wildman–Crippen LogP) is 4.04. The molecule has 0 bridgehead atoms.